The number of amides is 10. The van der Waals surface area contributed by atoms with Crippen molar-refractivity contribution >= 4 is 81.7 Å². The SMILES string of the molecule is C[C@@H]1NC(=O)[C@H](CC(N)=O)NC(=O)[C@H](Cc2c[nH]c3ccccc23)NC(=O)[C@H](CCCNC(=N)N)NC(=O)[C@H](Cc2ccccc2)NC(=O)[C@@H](NC(=O)[C@@H](N)Cc2ccc(O)cc2)CC(=O)N[C@H](CNC(=O)[C@@H](N)Cc2ccc(O)cc2)C(=O)[C@H](Cc2ccccc2)NC1=O. The Bertz CT molecular complexity index is 3710. The van der Waals surface area contributed by atoms with E-state index in [1.54, 1.807) is 103 Å². The maximum absolute atomic E-state index is 15.3. The van der Waals surface area contributed by atoms with E-state index in [1.807, 2.05) is 0 Å². The lowest BCUT2D eigenvalue weighted by Crippen LogP contribution is -2.62. The number of benzene rings is 5. The van der Waals surface area contributed by atoms with Crippen molar-refractivity contribution in [1.82, 2.24) is 58.2 Å². The van der Waals surface area contributed by atoms with E-state index in [-0.39, 0.29) is 63.0 Å². The smallest absolute Gasteiger partial charge is 0.243 e. The van der Waals surface area contributed by atoms with Gasteiger partial charge in [0.05, 0.1) is 31.0 Å². The number of phenolic OH excluding ortho intramolecular Hbond substituents is 2. The molecule has 10 amide bonds. The fourth-order valence-corrected chi connectivity index (χ4v) is 10.5. The van der Waals surface area contributed by atoms with Gasteiger partial charge < -0.3 is 91.3 Å². The number of guanidine groups is 1. The highest BCUT2D eigenvalue weighted by atomic mass is 16.3. The van der Waals surface area contributed by atoms with E-state index < -0.39 is 151 Å². The van der Waals surface area contributed by atoms with Crippen molar-refractivity contribution in [3.63, 3.8) is 0 Å². The summed E-state index contributed by atoms with van der Waals surface area (Å²) in [6.45, 7) is 0.550. The topological polar surface area (TPSA) is 492 Å². The Hall–Kier alpha value is -11.2. The number of aromatic nitrogens is 1. The van der Waals surface area contributed by atoms with E-state index in [9.17, 15) is 48.6 Å². The molecule has 0 unspecified atom stereocenters. The van der Waals surface area contributed by atoms with Crippen LogP contribution in [0.15, 0.2) is 140 Å². The molecule has 1 aliphatic rings. The highest BCUT2D eigenvalue weighted by Gasteiger charge is 2.38. The van der Waals surface area contributed by atoms with Gasteiger partial charge in [-0.05, 0) is 97.2 Å². The molecule has 1 aromatic heterocycles. The molecule has 0 spiro atoms. The third-order valence-electron chi connectivity index (χ3n) is 15.6. The van der Waals surface area contributed by atoms with Crippen LogP contribution < -0.4 is 76.1 Å². The number of aromatic hydroxyl groups is 2. The number of H-pyrrole nitrogens is 1. The van der Waals surface area contributed by atoms with Gasteiger partial charge in [0.25, 0.3) is 0 Å². The van der Waals surface area contributed by atoms with Gasteiger partial charge in [-0.1, -0.05) is 103 Å². The lowest BCUT2D eigenvalue weighted by molar-refractivity contribution is -0.137. The number of primary amides is 1. The molecule has 0 saturated carbocycles. The molecule has 1 fully saturated rings. The van der Waals surface area contributed by atoms with Crippen LogP contribution in [0.25, 0.3) is 10.9 Å². The maximum atomic E-state index is 15.3. The lowest BCUT2D eigenvalue weighted by Gasteiger charge is -2.29. The summed E-state index contributed by atoms with van der Waals surface area (Å²) in [7, 11) is 0. The van der Waals surface area contributed by atoms with Crippen LogP contribution in [0, 0.1) is 5.41 Å². The van der Waals surface area contributed by atoms with Gasteiger partial charge in [-0.15, -0.1) is 0 Å². The molecular weight excluding hydrogens is 1220 g/mol. The molecule has 6 aromatic rings. The van der Waals surface area contributed by atoms with Crippen LogP contribution in [0.2, 0.25) is 0 Å². The first-order chi connectivity index (χ1) is 45.4. The van der Waals surface area contributed by atoms with Gasteiger partial charge in [0.15, 0.2) is 11.7 Å². The van der Waals surface area contributed by atoms with Crippen molar-refractivity contribution in [3.05, 3.63) is 167 Å². The quantitative estimate of drug-likeness (QED) is 0.0208. The average Bonchev–Trinajstić information content (AvgIpc) is 1.76. The molecule has 0 radical (unpaired) electrons. The number of ketones is 1. The number of aromatic amines is 1. The predicted octanol–water partition coefficient (Wildman–Crippen LogP) is -2.13. The van der Waals surface area contributed by atoms with Gasteiger partial charge in [-0.3, -0.25) is 58.1 Å². The summed E-state index contributed by atoms with van der Waals surface area (Å²) in [6, 6.07) is 19.1. The molecule has 10 atom stereocenters. The van der Waals surface area contributed by atoms with Crippen molar-refractivity contribution in [3.8, 4) is 11.5 Å². The molecule has 0 aliphatic carbocycles. The molecule has 5 aromatic carbocycles. The van der Waals surface area contributed by atoms with Crippen molar-refractivity contribution in [1.29, 1.82) is 5.41 Å². The second kappa shape index (κ2) is 34.5. The zero-order valence-electron chi connectivity index (χ0n) is 52.0. The summed E-state index contributed by atoms with van der Waals surface area (Å²) in [5.74, 6) is -11.6. The minimum atomic E-state index is -1.92. The van der Waals surface area contributed by atoms with Gasteiger partial charge in [0.1, 0.15) is 53.8 Å². The summed E-state index contributed by atoms with van der Waals surface area (Å²) in [5, 5.41) is 54.0. The van der Waals surface area contributed by atoms with Gasteiger partial charge in [0.2, 0.25) is 59.1 Å². The largest absolute Gasteiger partial charge is 0.508 e. The second-order valence-electron chi connectivity index (χ2n) is 23.1. The minimum Gasteiger partial charge on any atom is -0.508 e. The Kier molecular flexibility index (Phi) is 25.8. The van der Waals surface area contributed by atoms with Gasteiger partial charge >= 0.3 is 0 Å². The minimum absolute atomic E-state index is 0.0121. The number of carbonyl (C=O) groups is 11. The van der Waals surface area contributed by atoms with Crippen molar-refractivity contribution in [2.24, 2.45) is 22.9 Å². The van der Waals surface area contributed by atoms with E-state index in [0.29, 0.717) is 38.7 Å². The van der Waals surface area contributed by atoms with Crippen LogP contribution in [-0.4, -0.2) is 160 Å². The van der Waals surface area contributed by atoms with Crippen molar-refractivity contribution in [2.45, 2.75) is 125 Å². The molecule has 2 heterocycles. The zero-order valence-corrected chi connectivity index (χ0v) is 52.0. The number of rotatable bonds is 21. The Morgan fingerprint density at radius 1 is 0.537 bits per heavy atom. The molecular formula is C66H80N16O13. The number of carbonyl (C=O) groups excluding carboxylic acids is 11. The number of fused-ring (bicyclic) bond motifs is 1. The van der Waals surface area contributed by atoms with Gasteiger partial charge in [-0.25, -0.2) is 0 Å². The molecule has 502 valence electrons. The monoisotopic (exact) mass is 1300 g/mol. The van der Waals surface area contributed by atoms with Crippen molar-refractivity contribution < 1.29 is 63.0 Å². The lowest BCUT2D eigenvalue weighted by atomic mass is 9.96. The number of hydrogen-bond acceptors (Lipinski definition) is 16. The third kappa shape index (κ3) is 22.0. The number of phenols is 2. The molecule has 7 rings (SSSR count). The zero-order chi connectivity index (χ0) is 68.7. The standard InChI is InChI=1S/C66H80N16O13/c1-36-58(88)78-49(29-37-11-4-2-5-12-37)57(87)54(35-74-59(89)45(67)27-39-18-22-42(83)23-19-39)76-56(86)33-53(79-60(90)46(68)28-40-20-24-43(84)25-21-40)65(95)80-50(30-38-13-6-3-7-14-38)63(93)77-48(17-10-26-72-66(70)71)61(91)81-51(31-41-34-73-47-16-9-8-15-44(41)47)64(94)82-52(32-55(69)85)62(92)75-36/h2-9,11-16,18-25,34,36,45-46,48-54,73,83-84H,10,17,26-33,35,67-68H2,1H3,(H2,69,85)(H,74,89)(H,75,92)(H,76,86)(H,77,93)(H,78,88)(H,79,90)(H,80,95)(H,81,91)(H,82,94)(H4,70,71,72)/t36-,45-,46-,48-,49-,50-,51-,52-,53-,54+/m0/s1. The Balaban J connectivity index is 1.32. The molecule has 1 aliphatic heterocycles. The van der Waals surface area contributed by atoms with E-state index in [4.69, 9.17) is 28.3 Å². The highest BCUT2D eigenvalue weighted by molar-refractivity contribution is 6.02. The van der Waals surface area contributed by atoms with Crippen molar-refractivity contribution in [2.75, 3.05) is 13.1 Å². The molecule has 22 N–H and O–H groups in total. The second-order valence-corrected chi connectivity index (χ2v) is 23.1. The van der Waals surface area contributed by atoms with E-state index in [0.717, 1.165) is 0 Å². The first-order valence-electron chi connectivity index (χ1n) is 30.7. The summed E-state index contributed by atoms with van der Waals surface area (Å²) >= 11 is 0. The summed E-state index contributed by atoms with van der Waals surface area (Å²) < 4.78 is 0. The summed E-state index contributed by atoms with van der Waals surface area (Å²) in [6.07, 6.45) is -1.36. The number of hydrogen-bond donors (Lipinski definition) is 18. The third-order valence-corrected chi connectivity index (χ3v) is 15.6. The summed E-state index contributed by atoms with van der Waals surface area (Å²) in [4.78, 5) is 162. The van der Waals surface area contributed by atoms with Gasteiger partial charge in [-0.2, -0.15) is 0 Å². The molecule has 0 bridgehead atoms. The first kappa shape index (κ1) is 71.2. The number of nitrogens with one attached hydrogen (secondary N) is 12. The van der Waals surface area contributed by atoms with Crippen LogP contribution in [0.1, 0.15) is 60.4 Å². The number of Topliss-reactive ketones (excluding diaryl/α,β-unsaturated/α-hetero) is 1. The number of para-hydroxylation sites is 1. The van der Waals surface area contributed by atoms with Crippen LogP contribution in [0.3, 0.4) is 0 Å². The summed E-state index contributed by atoms with van der Waals surface area (Å²) in [5.41, 5.74) is 27.1. The van der Waals surface area contributed by atoms with E-state index in [2.05, 4.69) is 58.2 Å². The molecule has 1 saturated heterocycles. The van der Waals surface area contributed by atoms with Crippen LogP contribution in [0.4, 0.5) is 0 Å². The Morgan fingerprint density at radius 3 is 1.62 bits per heavy atom. The fourth-order valence-electron chi connectivity index (χ4n) is 10.5. The fraction of sp³-hybridized carbons (Fsp3) is 0.333. The van der Waals surface area contributed by atoms with Crippen LogP contribution in [0.5, 0.6) is 11.5 Å². The molecule has 29 heteroatoms. The van der Waals surface area contributed by atoms with E-state index in [1.165, 1.54) is 43.3 Å². The van der Waals surface area contributed by atoms with E-state index >= 15 is 14.4 Å². The van der Waals surface area contributed by atoms with Crippen LogP contribution >= 0.6 is 0 Å². The predicted molar refractivity (Wildman–Crippen MR) is 349 cm³/mol. The number of nitrogens with two attached hydrogens (primary N) is 4. The average molecular weight is 1310 g/mol. The Labute approximate surface area is 546 Å². The maximum Gasteiger partial charge on any atom is 0.243 e. The molecule has 29 nitrogen and oxygen atoms in total. The first-order valence-corrected chi connectivity index (χ1v) is 30.7. The van der Waals surface area contributed by atoms with Crippen LogP contribution in [-0.2, 0) is 84.8 Å². The molecule has 95 heavy (non-hydrogen) atoms. The van der Waals surface area contributed by atoms with Gasteiger partial charge in [0, 0.05) is 43.0 Å². The highest BCUT2D eigenvalue weighted by Crippen LogP contribution is 2.21. The Morgan fingerprint density at radius 2 is 1.03 bits per heavy atom. The normalized spacial score (nSPS) is 21.1.